The Kier molecular flexibility index (Phi) is 76.4. The number of phosphoric acid groups is 2. The molecule has 0 heterocycles. The average molecular weight is 1570 g/mol. The van der Waals surface area contributed by atoms with Crippen LogP contribution in [0.4, 0.5) is 0 Å². The molecule has 0 radical (unpaired) electrons. The van der Waals surface area contributed by atoms with Crippen LogP contribution in [0.25, 0.3) is 0 Å². The molecule has 0 aliphatic carbocycles. The number of phosphoric ester groups is 2. The van der Waals surface area contributed by atoms with Crippen molar-refractivity contribution in [2.75, 3.05) is 39.6 Å². The van der Waals surface area contributed by atoms with Gasteiger partial charge < -0.3 is 33.8 Å². The predicted octanol–water partition coefficient (Wildman–Crippen LogP) is 24.9. The van der Waals surface area contributed by atoms with E-state index in [1.165, 1.54) is 70.6 Å². The maximum atomic E-state index is 13.1. The summed E-state index contributed by atoms with van der Waals surface area (Å²) in [6.45, 7) is 4.40. The molecule has 2 unspecified atom stereocenters. The van der Waals surface area contributed by atoms with Gasteiger partial charge in [-0.05, 0) is 148 Å². The van der Waals surface area contributed by atoms with Gasteiger partial charge in [-0.3, -0.25) is 37.3 Å². The van der Waals surface area contributed by atoms with Crippen LogP contribution in [0.1, 0.15) is 297 Å². The van der Waals surface area contributed by atoms with Crippen molar-refractivity contribution < 1.29 is 80.2 Å². The molecule has 0 amide bonds. The van der Waals surface area contributed by atoms with Crippen LogP contribution in [0.2, 0.25) is 0 Å². The highest BCUT2D eigenvalue weighted by Gasteiger charge is 2.30. The van der Waals surface area contributed by atoms with Crippen LogP contribution in [0.5, 0.6) is 0 Å². The van der Waals surface area contributed by atoms with E-state index in [-0.39, 0.29) is 25.7 Å². The Morgan fingerprint density at radius 3 is 0.818 bits per heavy atom. The third-order valence-electron chi connectivity index (χ3n) is 16.6. The van der Waals surface area contributed by atoms with E-state index in [0.717, 1.165) is 135 Å². The molecule has 3 N–H and O–H groups in total. The smallest absolute Gasteiger partial charge is 0.462 e. The number of unbranched alkanes of at least 4 members (excludes halogenated alkanes) is 18. The zero-order valence-electron chi connectivity index (χ0n) is 68.1. The third-order valence-corrected chi connectivity index (χ3v) is 18.5. The maximum absolute atomic E-state index is 13.1. The van der Waals surface area contributed by atoms with Gasteiger partial charge in [0.05, 0.1) is 26.4 Å². The number of carbonyl (C=O) groups is 4. The van der Waals surface area contributed by atoms with E-state index >= 15 is 0 Å². The summed E-state index contributed by atoms with van der Waals surface area (Å²) in [5.74, 6) is -2.42. The molecule has 0 aromatic heterocycles. The van der Waals surface area contributed by atoms with Gasteiger partial charge in [-0.25, -0.2) is 9.13 Å². The van der Waals surface area contributed by atoms with E-state index < -0.39 is 97.5 Å². The number of hydrogen-bond acceptors (Lipinski definition) is 15. The largest absolute Gasteiger partial charge is 0.472 e. The molecule has 0 aliphatic rings. The topological polar surface area (TPSA) is 237 Å². The molecule has 0 spiro atoms. The van der Waals surface area contributed by atoms with Crippen molar-refractivity contribution in [3.8, 4) is 0 Å². The minimum Gasteiger partial charge on any atom is -0.462 e. The number of aliphatic hydroxyl groups excluding tert-OH is 1. The van der Waals surface area contributed by atoms with Crippen LogP contribution < -0.4 is 0 Å². The molecular weight excluding hydrogens is 1430 g/mol. The van der Waals surface area contributed by atoms with Crippen molar-refractivity contribution >= 4 is 39.5 Å². The number of hydrogen-bond donors (Lipinski definition) is 3. The number of allylic oxidation sites excluding steroid dienone is 32. The standard InChI is InChI=1S/C91H146O17P2/c1-5-9-13-17-21-25-29-33-36-39-42-45-48-52-56-60-64-68-72-76-89(94)102-82-87(108-91(96)78-74-70-66-62-58-54-50-47-44-41-38-35-31-27-23-19-15-11-7-3)84-106-110(99,100)104-80-85(92)79-103-109(97,98)105-83-86(81-101-88(93)75-71-67-63-59-55-51-32-28-24-20-16-12-8-4)107-90(95)77-73-69-65-61-57-53-49-46-43-40-37-34-30-26-22-18-14-10-6-2/h9,11,13,15,21-23,25-27,33-38,42-47,52-54,56-58,64-65,68-69,85-87,92H,5-8,10,12,14,16-20,24,28-32,39-41,48-51,55,59-63,66-67,70-84H2,1-4H3,(H,97,98)(H,99,100)/b13-9-,15-11-,25-21-,26-22-,27-23-,36-33-,37-34-,38-35-,45-42-,46-43-,47-44-,56-52-,57-53-,58-54-,68-64-,69-65-/t85-,86+,87+/m0/s1. The van der Waals surface area contributed by atoms with Crippen molar-refractivity contribution in [2.45, 2.75) is 316 Å². The van der Waals surface area contributed by atoms with Crippen molar-refractivity contribution in [3.05, 3.63) is 194 Å². The molecule has 17 nitrogen and oxygen atoms in total. The second-order valence-corrected chi connectivity index (χ2v) is 29.9. The summed E-state index contributed by atoms with van der Waals surface area (Å²) < 4.78 is 68.5. The molecule has 0 fully saturated rings. The molecule has 5 atom stereocenters. The van der Waals surface area contributed by atoms with Crippen LogP contribution in [0, 0.1) is 0 Å². The fraction of sp³-hybridized carbons (Fsp3) is 0.604. The van der Waals surface area contributed by atoms with Crippen LogP contribution in [0.3, 0.4) is 0 Å². The quantitative estimate of drug-likeness (QED) is 0.0169. The van der Waals surface area contributed by atoms with E-state index in [0.29, 0.717) is 38.5 Å². The van der Waals surface area contributed by atoms with Gasteiger partial charge in [-0.15, -0.1) is 0 Å². The van der Waals surface area contributed by atoms with Gasteiger partial charge in [0, 0.05) is 25.7 Å². The molecule has 0 saturated carbocycles. The Morgan fingerprint density at radius 2 is 0.491 bits per heavy atom. The summed E-state index contributed by atoms with van der Waals surface area (Å²) in [5.41, 5.74) is 0. The van der Waals surface area contributed by atoms with Crippen LogP contribution in [-0.2, 0) is 65.4 Å². The Hall–Kier alpha value is -6.10. The molecule has 0 bridgehead atoms. The summed E-state index contributed by atoms with van der Waals surface area (Å²) in [7, 11) is -10.0. The average Bonchev–Trinajstić information content (AvgIpc) is 0.906. The summed E-state index contributed by atoms with van der Waals surface area (Å²) in [5, 5.41) is 10.7. The fourth-order valence-corrected chi connectivity index (χ4v) is 11.9. The zero-order chi connectivity index (χ0) is 80.3. The molecule has 0 aromatic rings. The third kappa shape index (κ3) is 80.0. The van der Waals surface area contributed by atoms with Gasteiger partial charge in [-0.1, -0.05) is 318 Å². The van der Waals surface area contributed by atoms with Gasteiger partial charge in [0.15, 0.2) is 12.2 Å². The molecule has 0 aromatic carbocycles. The Morgan fingerprint density at radius 1 is 0.264 bits per heavy atom. The highest BCUT2D eigenvalue weighted by atomic mass is 31.2. The van der Waals surface area contributed by atoms with E-state index in [4.69, 9.17) is 37.0 Å². The van der Waals surface area contributed by atoms with Crippen molar-refractivity contribution in [1.29, 1.82) is 0 Å². The van der Waals surface area contributed by atoms with Crippen molar-refractivity contribution in [2.24, 2.45) is 0 Å². The summed E-state index contributed by atoms with van der Waals surface area (Å²) >= 11 is 0. The molecule has 622 valence electrons. The SMILES string of the molecule is CC/C=C\C/C=C\C/C=C\C/C=C\C/C=C\C/C=C\CCC(=O)OC[C@H](COP(=O)(O)OC[C@@H](O)COP(=O)(O)OC[C@@H](COC(=O)CCCCCCCCCCCCCCC)OC(=O)CC/C=C\C/C=C\C/C=C\C/C=C\C/C=C\CCCCC)OC(=O)CCCCC/C=C\C/C=C\C/C=C\C/C=C\C/C=C\CC. The van der Waals surface area contributed by atoms with E-state index in [1.54, 1.807) is 0 Å². The number of rotatable bonds is 76. The van der Waals surface area contributed by atoms with E-state index in [2.05, 4.69) is 186 Å². The van der Waals surface area contributed by atoms with Gasteiger partial charge in [0.2, 0.25) is 0 Å². The van der Waals surface area contributed by atoms with Crippen LogP contribution in [-0.4, -0.2) is 96.7 Å². The lowest BCUT2D eigenvalue weighted by molar-refractivity contribution is -0.161. The van der Waals surface area contributed by atoms with Crippen LogP contribution in [0.15, 0.2) is 194 Å². The highest BCUT2D eigenvalue weighted by Crippen LogP contribution is 2.45. The molecule has 19 heteroatoms. The van der Waals surface area contributed by atoms with Crippen LogP contribution >= 0.6 is 15.6 Å². The van der Waals surface area contributed by atoms with E-state index in [1.807, 2.05) is 36.5 Å². The Bertz CT molecular complexity index is 2850. The molecule has 0 aliphatic heterocycles. The first-order valence-electron chi connectivity index (χ1n) is 41.7. The number of aliphatic hydroxyl groups is 1. The second kappa shape index (κ2) is 80.9. The normalized spacial score (nSPS) is 14.8. The first-order chi connectivity index (χ1) is 53.7. The van der Waals surface area contributed by atoms with Crippen molar-refractivity contribution in [3.63, 3.8) is 0 Å². The molecule has 0 rings (SSSR count). The minimum absolute atomic E-state index is 0.0189. The van der Waals surface area contributed by atoms with E-state index in [9.17, 15) is 43.2 Å². The fourth-order valence-electron chi connectivity index (χ4n) is 10.3. The maximum Gasteiger partial charge on any atom is 0.472 e. The lowest BCUT2D eigenvalue weighted by Crippen LogP contribution is -2.30. The lowest BCUT2D eigenvalue weighted by atomic mass is 10.0. The number of carbonyl (C=O) groups excluding carboxylic acids is 4. The lowest BCUT2D eigenvalue weighted by Gasteiger charge is -2.21. The summed E-state index contributed by atoms with van der Waals surface area (Å²) in [6, 6.07) is 0. The zero-order valence-corrected chi connectivity index (χ0v) is 69.9. The highest BCUT2D eigenvalue weighted by molar-refractivity contribution is 7.47. The van der Waals surface area contributed by atoms with Gasteiger partial charge in [0.1, 0.15) is 19.3 Å². The first kappa shape index (κ1) is 104. The summed E-state index contributed by atoms with van der Waals surface area (Å²) in [6.07, 6.45) is 100. The molecular formula is C91H146O17P2. The van der Waals surface area contributed by atoms with Gasteiger partial charge in [-0.2, -0.15) is 0 Å². The first-order valence-corrected chi connectivity index (χ1v) is 44.7. The summed E-state index contributed by atoms with van der Waals surface area (Å²) in [4.78, 5) is 73.1. The monoisotopic (exact) mass is 1570 g/mol. The number of esters is 4. The van der Waals surface area contributed by atoms with Gasteiger partial charge in [0.25, 0.3) is 0 Å². The number of ether oxygens (including phenoxy) is 4. The predicted molar refractivity (Wildman–Crippen MR) is 454 cm³/mol. The van der Waals surface area contributed by atoms with Crippen molar-refractivity contribution in [1.82, 2.24) is 0 Å². The molecule has 0 saturated heterocycles. The van der Waals surface area contributed by atoms with Gasteiger partial charge >= 0.3 is 39.5 Å². The minimum atomic E-state index is -5.02. The Balaban J connectivity index is 5.56. The second-order valence-electron chi connectivity index (χ2n) is 27.0. The Labute approximate surface area is 666 Å². The molecule has 110 heavy (non-hydrogen) atoms.